The van der Waals surface area contributed by atoms with Crippen LogP contribution in [0.1, 0.15) is 11.7 Å². The number of aliphatic hydroxyl groups excluding tert-OH is 1. The molecule has 0 radical (unpaired) electrons. The quantitative estimate of drug-likeness (QED) is 0.701. The largest absolute Gasteiger partial charge is 0.465 e. The molecule has 0 saturated heterocycles. The van der Waals surface area contributed by atoms with Crippen molar-refractivity contribution in [2.75, 3.05) is 7.11 Å². The number of rotatable bonds is 1. The van der Waals surface area contributed by atoms with Crippen LogP contribution < -0.4 is 4.74 Å². The van der Waals surface area contributed by atoms with E-state index in [0.717, 1.165) is 0 Å². The molecule has 0 spiro atoms. The van der Waals surface area contributed by atoms with Crippen LogP contribution in [-0.2, 0) is 9.53 Å². The maximum Gasteiger partial charge on any atom is 0.339 e. The summed E-state index contributed by atoms with van der Waals surface area (Å²) in [5, 5.41) is 9.87. The minimum absolute atomic E-state index is 0.108. The van der Waals surface area contributed by atoms with Gasteiger partial charge in [0.15, 0.2) is 0 Å². The van der Waals surface area contributed by atoms with Crippen molar-refractivity contribution in [1.82, 2.24) is 0 Å². The van der Waals surface area contributed by atoms with Crippen LogP contribution in [0, 0.1) is 0 Å². The van der Waals surface area contributed by atoms with E-state index in [2.05, 4.69) is 4.74 Å². The first-order chi connectivity index (χ1) is 7.24. The Bertz CT molecular complexity index is 422. The average molecular weight is 206 g/mol. The molecular formula is C11H10O4. The fraction of sp³-hybridized carbons (Fsp3) is 0.182. The Morgan fingerprint density at radius 1 is 1.47 bits per heavy atom. The van der Waals surface area contributed by atoms with Gasteiger partial charge in [0.05, 0.1) is 7.11 Å². The predicted octanol–water partition coefficient (Wildman–Crippen LogP) is 1.17. The summed E-state index contributed by atoms with van der Waals surface area (Å²) in [7, 11) is 1.26. The Balaban J connectivity index is 2.37. The Morgan fingerprint density at radius 3 is 2.93 bits per heavy atom. The van der Waals surface area contributed by atoms with Crippen LogP contribution in [0.2, 0.25) is 0 Å². The smallest absolute Gasteiger partial charge is 0.339 e. The molecule has 78 valence electrons. The highest BCUT2D eigenvalue weighted by Crippen LogP contribution is 2.34. The molecule has 0 bridgehead atoms. The van der Waals surface area contributed by atoms with Gasteiger partial charge in [-0.25, -0.2) is 4.79 Å². The maximum absolute atomic E-state index is 11.3. The fourth-order valence-electron chi connectivity index (χ4n) is 1.45. The highest BCUT2D eigenvalue weighted by Gasteiger charge is 2.27. The number of esters is 1. The van der Waals surface area contributed by atoms with Crippen LogP contribution in [0.3, 0.4) is 0 Å². The van der Waals surface area contributed by atoms with E-state index in [1.54, 1.807) is 24.3 Å². The topological polar surface area (TPSA) is 55.8 Å². The Labute approximate surface area is 86.7 Å². The van der Waals surface area contributed by atoms with Gasteiger partial charge in [0, 0.05) is 5.56 Å². The summed E-state index contributed by atoms with van der Waals surface area (Å²) >= 11 is 0. The number of hydrogen-bond donors (Lipinski definition) is 1. The van der Waals surface area contributed by atoms with Crippen LogP contribution >= 0.6 is 0 Å². The Kier molecular flexibility index (Phi) is 2.43. The summed E-state index contributed by atoms with van der Waals surface area (Å²) in [5.74, 6) is -0.0327. The number of methoxy groups -OCH3 is 1. The number of carbonyl (C=O) groups is 1. The van der Waals surface area contributed by atoms with Crippen LogP contribution in [0.25, 0.3) is 0 Å². The molecular weight excluding hydrogens is 196 g/mol. The highest BCUT2D eigenvalue weighted by molar-refractivity contribution is 5.90. The van der Waals surface area contributed by atoms with Gasteiger partial charge in [-0.05, 0) is 6.07 Å². The van der Waals surface area contributed by atoms with Crippen molar-refractivity contribution in [2.24, 2.45) is 0 Å². The van der Waals surface area contributed by atoms with Crippen molar-refractivity contribution >= 4 is 5.97 Å². The second-order valence-electron chi connectivity index (χ2n) is 3.12. The third-order valence-corrected chi connectivity index (χ3v) is 2.24. The van der Waals surface area contributed by atoms with Gasteiger partial charge in [-0.15, -0.1) is 0 Å². The number of carbonyl (C=O) groups excluding carboxylic acids is 1. The molecule has 15 heavy (non-hydrogen) atoms. The van der Waals surface area contributed by atoms with Gasteiger partial charge in [0.2, 0.25) is 0 Å². The number of ether oxygens (including phenoxy) is 2. The van der Waals surface area contributed by atoms with E-state index in [9.17, 15) is 9.90 Å². The summed E-state index contributed by atoms with van der Waals surface area (Å²) in [6.45, 7) is 0. The summed E-state index contributed by atoms with van der Waals surface area (Å²) in [4.78, 5) is 11.3. The SMILES string of the molecule is COC(=O)C1=COc2ccccc2C1O. The van der Waals surface area contributed by atoms with Gasteiger partial charge in [-0.3, -0.25) is 0 Å². The van der Waals surface area contributed by atoms with Crippen molar-refractivity contribution in [1.29, 1.82) is 0 Å². The van der Waals surface area contributed by atoms with Crippen molar-refractivity contribution < 1.29 is 19.4 Å². The third-order valence-electron chi connectivity index (χ3n) is 2.24. The molecule has 1 aliphatic rings. The molecule has 4 nitrogen and oxygen atoms in total. The minimum atomic E-state index is -0.984. The summed E-state index contributed by atoms with van der Waals surface area (Å²) in [5.41, 5.74) is 0.677. The first-order valence-corrected chi connectivity index (χ1v) is 4.46. The minimum Gasteiger partial charge on any atom is -0.465 e. The number of fused-ring (bicyclic) bond motifs is 1. The van der Waals surface area contributed by atoms with E-state index in [0.29, 0.717) is 11.3 Å². The van der Waals surface area contributed by atoms with Crippen molar-refractivity contribution in [2.45, 2.75) is 6.10 Å². The fourth-order valence-corrected chi connectivity index (χ4v) is 1.45. The van der Waals surface area contributed by atoms with E-state index in [-0.39, 0.29) is 5.57 Å². The van der Waals surface area contributed by atoms with Crippen LogP contribution in [0.5, 0.6) is 5.75 Å². The number of para-hydroxylation sites is 1. The number of aliphatic hydroxyl groups is 1. The lowest BCUT2D eigenvalue weighted by Crippen LogP contribution is -2.17. The van der Waals surface area contributed by atoms with Gasteiger partial charge in [-0.1, -0.05) is 18.2 Å². The molecule has 0 aromatic heterocycles. The molecule has 2 rings (SSSR count). The van der Waals surface area contributed by atoms with Crippen molar-refractivity contribution in [3.8, 4) is 5.75 Å². The van der Waals surface area contributed by atoms with Gasteiger partial charge in [0.25, 0.3) is 0 Å². The second-order valence-corrected chi connectivity index (χ2v) is 3.12. The first-order valence-electron chi connectivity index (χ1n) is 4.46. The molecule has 1 heterocycles. The lowest BCUT2D eigenvalue weighted by Gasteiger charge is -2.20. The first kappa shape index (κ1) is 9.73. The van der Waals surface area contributed by atoms with Crippen molar-refractivity contribution in [3.63, 3.8) is 0 Å². The van der Waals surface area contributed by atoms with E-state index in [1.165, 1.54) is 13.4 Å². The monoisotopic (exact) mass is 206 g/mol. The zero-order valence-electron chi connectivity index (χ0n) is 8.14. The molecule has 1 aromatic rings. The zero-order chi connectivity index (χ0) is 10.8. The molecule has 0 amide bonds. The van der Waals surface area contributed by atoms with E-state index in [1.807, 2.05) is 0 Å². The molecule has 1 aliphatic heterocycles. The maximum atomic E-state index is 11.3. The van der Waals surface area contributed by atoms with E-state index in [4.69, 9.17) is 4.74 Å². The van der Waals surface area contributed by atoms with Crippen LogP contribution in [0.15, 0.2) is 36.1 Å². The molecule has 0 saturated carbocycles. The third kappa shape index (κ3) is 1.59. The second kappa shape index (κ2) is 3.74. The van der Waals surface area contributed by atoms with Gasteiger partial charge in [-0.2, -0.15) is 0 Å². The summed E-state index contributed by atoms with van der Waals surface area (Å²) < 4.78 is 9.73. The van der Waals surface area contributed by atoms with Crippen LogP contribution in [0.4, 0.5) is 0 Å². The molecule has 0 fully saturated rings. The van der Waals surface area contributed by atoms with E-state index < -0.39 is 12.1 Å². The highest BCUT2D eigenvalue weighted by atomic mass is 16.5. The van der Waals surface area contributed by atoms with Crippen LogP contribution in [-0.4, -0.2) is 18.2 Å². The zero-order valence-corrected chi connectivity index (χ0v) is 8.14. The van der Waals surface area contributed by atoms with Gasteiger partial charge >= 0.3 is 5.97 Å². The lowest BCUT2D eigenvalue weighted by molar-refractivity contribution is -0.137. The Hall–Kier alpha value is -1.81. The standard InChI is InChI=1S/C11H10O4/c1-14-11(13)8-6-15-9-5-3-2-4-7(9)10(8)12/h2-6,10,12H,1H3. The van der Waals surface area contributed by atoms with E-state index >= 15 is 0 Å². The van der Waals surface area contributed by atoms with Gasteiger partial charge < -0.3 is 14.6 Å². The normalized spacial score (nSPS) is 18.5. The molecule has 1 aromatic carbocycles. The number of benzene rings is 1. The average Bonchev–Trinajstić information content (AvgIpc) is 2.29. The molecule has 1 atom stereocenters. The molecule has 4 heteroatoms. The Morgan fingerprint density at radius 2 is 2.20 bits per heavy atom. The molecule has 0 aliphatic carbocycles. The molecule has 1 N–H and O–H groups in total. The number of hydrogen-bond acceptors (Lipinski definition) is 4. The summed E-state index contributed by atoms with van der Waals surface area (Å²) in [6, 6.07) is 6.99. The van der Waals surface area contributed by atoms with Gasteiger partial charge in [0.1, 0.15) is 23.7 Å². The molecule has 1 unspecified atom stereocenters. The summed E-state index contributed by atoms with van der Waals surface area (Å²) in [6.07, 6.45) is 0.237. The lowest BCUT2D eigenvalue weighted by atomic mass is 10.00. The predicted molar refractivity (Wildman–Crippen MR) is 52.1 cm³/mol. The van der Waals surface area contributed by atoms with Crippen molar-refractivity contribution in [3.05, 3.63) is 41.7 Å².